The Hall–Kier alpha value is -1.13. The highest BCUT2D eigenvalue weighted by molar-refractivity contribution is 7.85. The van der Waals surface area contributed by atoms with Crippen LogP contribution in [0, 0.1) is 0 Å². The largest absolute Gasteiger partial charge is 0.285 e. The zero-order valence-corrected chi connectivity index (χ0v) is 17.4. The summed E-state index contributed by atoms with van der Waals surface area (Å²) in [5.41, 5.74) is 4.32. The first-order valence-corrected chi connectivity index (χ1v) is 11.8. The molecule has 0 fully saturated rings. The van der Waals surface area contributed by atoms with Gasteiger partial charge in [-0.15, -0.1) is 0 Å². The summed E-state index contributed by atoms with van der Waals surface area (Å²) in [6, 6.07) is 7.09. The second-order valence-electron chi connectivity index (χ2n) is 7.18. The van der Waals surface area contributed by atoms with Crippen LogP contribution in [0.15, 0.2) is 30.4 Å². The van der Waals surface area contributed by atoms with Crippen LogP contribution in [-0.4, -0.2) is 18.7 Å². The number of allylic oxidation sites excluding steroid dienone is 1. The summed E-state index contributed by atoms with van der Waals surface area (Å²) < 4.78 is 30.1. The van der Waals surface area contributed by atoms with Crippen LogP contribution in [0.5, 0.6) is 0 Å². The molecule has 0 unspecified atom stereocenters. The third kappa shape index (κ3) is 11.5. The van der Waals surface area contributed by atoms with E-state index in [9.17, 15) is 8.42 Å². The molecule has 4 heteroatoms. The van der Waals surface area contributed by atoms with Gasteiger partial charge in [-0.25, -0.2) is 0 Å². The normalized spacial score (nSPS) is 12.1. The molecule has 0 aromatic heterocycles. The van der Waals surface area contributed by atoms with Crippen LogP contribution in [0.2, 0.25) is 0 Å². The number of unbranched alkanes of at least 4 members (excludes halogenated alkanes) is 5. The van der Waals surface area contributed by atoms with Crippen LogP contribution in [0.4, 0.5) is 0 Å². The molecule has 0 bridgehead atoms. The summed E-state index contributed by atoms with van der Waals surface area (Å²) in [5, 5.41) is 0. The first kappa shape index (κ1) is 22.9. The number of hydrogen-bond donors (Lipinski definition) is 1. The van der Waals surface area contributed by atoms with Crippen LogP contribution in [-0.2, 0) is 29.4 Å². The van der Waals surface area contributed by atoms with Crippen molar-refractivity contribution in [2.45, 2.75) is 84.5 Å². The fourth-order valence-electron chi connectivity index (χ4n) is 3.16. The quantitative estimate of drug-likeness (QED) is 0.248. The zero-order valence-electron chi connectivity index (χ0n) is 16.5. The maximum Gasteiger partial charge on any atom is 0.268 e. The first-order chi connectivity index (χ1) is 12.4. The summed E-state index contributed by atoms with van der Waals surface area (Å²) in [6.07, 6.45) is 16.1. The number of aryl methyl sites for hydroxylation is 3. The molecule has 0 atom stereocenters. The fourth-order valence-corrected chi connectivity index (χ4v) is 3.54. The predicted octanol–water partition coefficient (Wildman–Crippen LogP) is 5.92. The highest BCUT2D eigenvalue weighted by atomic mass is 32.2. The average molecular weight is 381 g/mol. The molecular weight excluding hydrogens is 344 g/mol. The third-order valence-corrected chi connectivity index (χ3v) is 5.17. The van der Waals surface area contributed by atoms with Gasteiger partial charge in [0, 0.05) is 0 Å². The van der Waals surface area contributed by atoms with E-state index in [-0.39, 0.29) is 5.75 Å². The Kier molecular flexibility index (Phi) is 11.5. The molecule has 0 spiro atoms. The van der Waals surface area contributed by atoms with E-state index >= 15 is 0 Å². The van der Waals surface area contributed by atoms with Gasteiger partial charge in [-0.2, -0.15) is 8.42 Å². The zero-order chi connectivity index (χ0) is 19.3. The van der Waals surface area contributed by atoms with Gasteiger partial charge in [0.05, 0.1) is 5.75 Å². The molecule has 0 saturated carbocycles. The van der Waals surface area contributed by atoms with Gasteiger partial charge < -0.3 is 0 Å². The molecule has 26 heavy (non-hydrogen) atoms. The third-order valence-electron chi connectivity index (χ3n) is 4.56. The molecule has 1 aromatic rings. The van der Waals surface area contributed by atoms with Crippen molar-refractivity contribution in [1.82, 2.24) is 0 Å². The lowest BCUT2D eigenvalue weighted by Gasteiger charge is -2.10. The van der Waals surface area contributed by atoms with Gasteiger partial charge in [0.1, 0.15) is 0 Å². The predicted molar refractivity (Wildman–Crippen MR) is 111 cm³/mol. The maximum absolute atomic E-state index is 10.7. The van der Waals surface area contributed by atoms with E-state index in [0.717, 1.165) is 32.1 Å². The molecule has 148 valence electrons. The number of hydrogen-bond acceptors (Lipinski definition) is 2. The SMILES string of the molecule is CCCCCc1cc(CCCC=CCS(=O)(=O)O)cc(CCCCC)c1. The van der Waals surface area contributed by atoms with Gasteiger partial charge in [-0.3, -0.25) is 4.55 Å². The summed E-state index contributed by atoms with van der Waals surface area (Å²) >= 11 is 0. The standard InChI is InChI=1S/C22H36O3S/c1-3-5-9-13-20-17-21(14-10-6-4-2)19-22(18-20)15-11-7-8-12-16-26(23,24)25/h8,12,17-19H,3-7,9-11,13-16H2,1-2H3,(H,23,24,25). The second-order valence-corrected chi connectivity index (χ2v) is 8.68. The highest BCUT2D eigenvalue weighted by Crippen LogP contribution is 2.18. The van der Waals surface area contributed by atoms with E-state index in [0.29, 0.717) is 0 Å². The van der Waals surface area contributed by atoms with Gasteiger partial charge in [0.2, 0.25) is 0 Å². The van der Waals surface area contributed by atoms with Crippen LogP contribution < -0.4 is 0 Å². The Morgan fingerprint density at radius 1 is 0.769 bits per heavy atom. The van der Waals surface area contributed by atoms with Crippen molar-refractivity contribution < 1.29 is 13.0 Å². The molecule has 1 N–H and O–H groups in total. The average Bonchev–Trinajstić information content (AvgIpc) is 2.57. The molecular formula is C22H36O3S. The van der Waals surface area contributed by atoms with Crippen molar-refractivity contribution in [3.63, 3.8) is 0 Å². The van der Waals surface area contributed by atoms with Crippen LogP contribution in [0.1, 0.15) is 81.9 Å². The minimum atomic E-state index is -3.88. The van der Waals surface area contributed by atoms with Gasteiger partial charge >= 0.3 is 0 Å². The molecule has 0 aliphatic rings. The molecule has 0 radical (unpaired) electrons. The van der Waals surface area contributed by atoms with E-state index in [2.05, 4.69) is 32.0 Å². The van der Waals surface area contributed by atoms with Crippen LogP contribution in [0.3, 0.4) is 0 Å². The Balaban J connectivity index is 2.59. The van der Waals surface area contributed by atoms with Crippen molar-refractivity contribution in [2.24, 2.45) is 0 Å². The highest BCUT2D eigenvalue weighted by Gasteiger charge is 2.03. The molecule has 0 amide bonds. The van der Waals surface area contributed by atoms with Crippen molar-refractivity contribution in [2.75, 3.05) is 5.75 Å². The van der Waals surface area contributed by atoms with E-state index in [1.54, 1.807) is 0 Å². The van der Waals surface area contributed by atoms with Gasteiger partial charge in [0.25, 0.3) is 10.1 Å². The maximum atomic E-state index is 10.7. The smallest absolute Gasteiger partial charge is 0.268 e. The molecule has 0 saturated heterocycles. The fraction of sp³-hybridized carbons (Fsp3) is 0.636. The van der Waals surface area contributed by atoms with Crippen molar-refractivity contribution in [3.05, 3.63) is 47.0 Å². The van der Waals surface area contributed by atoms with Crippen LogP contribution in [0.25, 0.3) is 0 Å². The number of benzene rings is 1. The second kappa shape index (κ2) is 13.1. The van der Waals surface area contributed by atoms with Crippen LogP contribution >= 0.6 is 0 Å². The Bertz CT molecular complexity index is 605. The van der Waals surface area contributed by atoms with Crippen molar-refractivity contribution in [3.8, 4) is 0 Å². The van der Waals surface area contributed by atoms with E-state index < -0.39 is 10.1 Å². The first-order valence-electron chi connectivity index (χ1n) is 10.2. The molecule has 0 aliphatic heterocycles. The lowest BCUT2D eigenvalue weighted by molar-refractivity contribution is 0.486. The molecule has 0 aliphatic carbocycles. The topological polar surface area (TPSA) is 54.4 Å². The Morgan fingerprint density at radius 2 is 1.23 bits per heavy atom. The summed E-state index contributed by atoms with van der Waals surface area (Å²) in [6.45, 7) is 4.48. The van der Waals surface area contributed by atoms with Gasteiger partial charge in [-0.05, 0) is 61.6 Å². The minimum Gasteiger partial charge on any atom is -0.285 e. The number of rotatable bonds is 14. The van der Waals surface area contributed by atoms with Gasteiger partial charge in [-0.1, -0.05) is 69.9 Å². The minimum absolute atomic E-state index is 0.290. The van der Waals surface area contributed by atoms with E-state index in [1.807, 2.05) is 6.08 Å². The lowest BCUT2D eigenvalue weighted by Crippen LogP contribution is -2.00. The van der Waals surface area contributed by atoms with Crippen molar-refractivity contribution >= 4 is 10.1 Å². The van der Waals surface area contributed by atoms with Gasteiger partial charge in [0.15, 0.2) is 0 Å². The van der Waals surface area contributed by atoms with Crippen molar-refractivity contribution in [1.29, 1.82) is 0 Å². The van der Waals surface area contributed by atoms with E-state index in [1.165, 1.54) is 61.3 Å². The summed E-state index contributed by atoms with van der Waals surface area (Å²) in [4.78, 5) is 0. The summed E-state index contributed by atoms with van der Waals surface area (Å²) in [7, 11) is -3.88. The van der Waals surface area contributed by atoms with E-state index in [4.69, 9.17) is 4.55 Å². The molecule has 3 nitrogen and oxygen atoms in total. The summed E-state index contributed by atoms with van der Waals surface area (Å²) in [5.74, 6) is -0.290. The Morgan fingerprint density at radius 3 is 1.65 bits per heavy atom. The monoisotopic (exact) mass is 380 g/mol. The molecule has 1 rings (SSSR count). The lowest BCUT2D eigenvalue weighted by atomic mass is 9.96. The molecule has 0 heterocycles. The molecule has 1 aromatic carbocycles. The Labute approximate surface area is 160 Å².